The zero-order valence-corrected chi connectivity index (χ0v) is 13.0. The van der Waals surface area contributed by atoms with E-state index in [0.29, 0.717) is 13.0 Å². The Kier molecular flexibility index (Phi) is 3.46. The summed E-state index contributed by atoms with van der Waals surface area (Å²) >= 11 is 12.0. The van der Waals surface area contributed by atoms with Crippen molar-refractivity contribution in [3.8, 4) is 5.69 Å². The zero-order valence-electron chi connectivity index (χ0n) is 11.5. The van der Waals surface area contributed by atoms with Gasteiger partial charge in [-0.15, -0.1) is 23.2 Å². The van der Waals surface area contributed by atoms with Gasteiger partial charge in [0.05, 0.1) is 11.7 Å². The molecule has 1 aromatic carbocycles. The number of benzene rings is 1. The standard InChI is InChI=1S/C15H15Cl2N3O/c1-14(9-15(14,16)17)13(21)19-8-11-2-4-12(5-3-11)20-7-6-18-10-20/h2-7,10H,8-9H2,1H3,(H,19,21)/t14-/m0/s1. The summed E-state index contributed by atoms with van der Waals surface area (Å²) in [4.78, 5) is 16.1. The van der Waals surface area contributed by atoms with E-state index in [4.69, 9.17) is 23.2 Å². The number of rotatable bonds is 4. The number of hydrogen-bond donors (Lipinski definition) is 1. The van der Waals surface area contributed by atoms with Crippen molar-refractivity contribution < 1.29 is 4.79 Å². The van der Waals surface area contributed by atoms with Crippen molar-refractivity contribution in [1.29, 1.82) is 0 Å². The van der Waals surface area contributed by atoms with Crippen molar-refractivity contribution in [2.75, 3.05) is 0 Å². The highest BCUT2D eigenvalue weighted by Gasteiger charge is 2.67. The SMILES string of the molecule is C[C@@]1(C(=O)NCc2ccc(-n3ccnc3)cc2)CC1(Cl)Cl. The number of halogens is 2. The number of alkyl halides is 2. The first-order chi connectivity index (χ1) is 9.92. The van der Waals surface area contributed by atoms with E-state index in [1.165, 1.54) is 0 Å². The first-order valence-electron chi connectivity index (χ1n) is 6.66. The second kappa shape index (κ2) is 5.04. The Bertz CT molecular complexity index is 652. The van der Waals surface area contributed by atoms with Crippen molar-refractivity contribution in [2.45, 2.75) is 24.2 Å². The molecule has 0 radical (unpaired) electrons. The largest absolute Gasteiger partial charge is 0.351 e. The molecule has 0 saturated heterocycles. The predicted octanol–water partition coefficient (Wildman–Crippen LogP) is 3.07. The Morgan fingerprint density at radius 2 is 2.05 bits per heavy atom. The molecule has 1 amide bonds. The van der Waals surface area contributed by atoms with Gasteiger partial charge < -0.3 is 9.88 Å². The average molecular weight is 324 g/mol. The lowest BCUT2D eigenvalue weighted by molar-refractivity contribution is -0.125. The van der Waals surface area contributed by atoms with Crippen molar-refractivity contribution in [3.05, 3.63) is 48.5 Å². The Labute approximate surface area is 133 Å². The summed E-state index contributed by atoms with van der Waals surface area (Å²) in [7, 11) is 0. The maximum absolute atomic E-state index is 12.1. The van der Waals surface area contributed by atoms with Crippen LogP contribution in [0, 0.1) is 5.41 Å². The normalized spacial score (nSPS) is 22.8. The molecular formula is C15H15Cl2N3O. The van der Waals surface area contributed by atoms with Gasteiger partial charge in [0.2, 0.25) is 5.91 Å². The number of nitrogens with zero attached hydrogens (tertiary/aromatic N) is 2. The van der Waals surface area contributed by atoms with Crippen molar-refractivity contribution >= 4 is 29.1 Å². The number of carbonyl (C=O) groups excluding carboxylic acids is 1. The summed E-state index contributed by atoms with van der Waals surface area (Å²) in [6.07, 6.45) is 5.85. The van der Waals surface area contributed by atoms with Gasteiger partial charge >= 0.3 is 0 Å². The van der Waals surface area contributed by atoms with Crippen molar-refractivity contribution in [1.82, 2.24) is 14.9 Å². The van der Waals surface area contributed by atoms with E-state index in [9.17, 15) is 4.79 Å². The van der Waals surface area contributed by atoms with Gasteiger partial charge in [0.15, 0.2) is 0 Å². The highest BCUT2D eigenvalue weighted by Crippen LogP contribution is 2.63. The van der Waals surface area contributed by atoms with Crippen LogP contribution in [-0.2, 0) is 11.3 Å². The quantitative estimate of drug-likeness (QED) is 0.879. The highest BCUT2D eigenvalue weighted by atomic mass is 35.5. The summed E-state index contributed by atoms with van der Waals surface area (Å²) in [6, 6.07) is 7.91. The van der Waals surface area contributed by atoms with Crippen LogP contribution in [0.4, 0.5) is 0 Å². The molecule has 1 aliphatic rings. The van der Waals surface area contributed by atoms with Crippen LogP contribution >= 0.6 is 23.2 Å². The molecule has 4 nitrogen and oxygen atoms in total. The molecule has 1 aromatic heterocycles. The molecule has 1 heterocycles. The summed E-state index contributed by atoms with van der Waals surface area (Å²) in [5.41, 5.74) is 1.37. The number of nitrogens with one attached hydrogen (secondary N) is 1. The number of imidazole rings is 1. The lowest BCUT2D eigenvalue weighted by atomic mass is 10.1. The third kappa shape index (κ3) is 2.65. The lowest BCUT2D eigenvalue weighted by Crippen LogP contribution is -2.32. The van der Waals surface area contributed by atoms with Gasteiger partial charge in [-0.3, -0.25) is 4.79 Å². The maximum atomic E-state index is 12.1. The summed E-state index contributed by atoms with van der Waals surface area (Å²) in [6.45, 7) is 2.24. The van der Waals surface area contributed by atoms with E-state index in [2.05, 4.69) is 10.3 Å². The molecule has 0 spiro atoms. The minimum Gasteiger partial charge on any atom is -0.351 e. The maximum Gasteiger partial charge on any atom is 0.229 e. The number of hydrogen-bond acceptors (Lipinski definition) is 2. The average Bonchev–Trinajstić information content (AvgIpc) is 2.87. The first-order valence-corrected chi connectivity index (χ1v) is 7.41. The molecule has 1 saturated carbocycles. The Morgan fingerprint density at radius 1 is 1.38 bits per heavy atom. The molecule has 2 aromatic rings. The third-order valence-electron chi connectivity index (χ3n) is 3.95. The minimum absolute atomic E-state index is 0.105. The smallest absolute Gasteiger partial charge is 0.229 e. The fourth-order valence-electron chi connectivity index (χ4n) is 2.22. The van der Waals surface area contributed by atoms with Crippen LogP contribution in [0.5, 0.6) is 0 Å². The van der Waals surface area contributed by atoms with Crippen LogP contribution < -0.4 is 5.32 Å². The number of carbonyl (C=O) groups is 1. The molecule has 6 heteroatoms. The van der Waals surface area contributed by atoms with Crippen molar-refractivity contribution in [3.63, 3.8) is 0 Å². The second-order valence-corrected chi connectivity index (χ2v) is 7.02. The summed E-state index contributed by atoms with van der Waals surface area (Å²) < 4.78 is 0.991. The molecule has 0 aliphatic heterocycles. The van der Waals surface area contributed by atoms with E-state index >= 15 is 0 Å². The van der Waals surface area contributed by atoms with Crippen LogP contribution in [0.2, 0.25) is 0 Å². The van der Waals surface area contributed by atoms with Gasteiger partial charge in [-0.2, -0.15) is 0 Å². The molecule has 1 aliphatic carbocycles. The van der Waals surface area contributed by atoms with Crippen LogP contribution in [0.25, 0.3) is 5.69 Å². The fraction of sp³-hybridized carbons (Fsp3) is 0.333. The second-order valence-electron chi connectivity index (χ2n) is 5.53. The van der Waals surface area contributed by atoms with Gasteiger partial charge in [0.1, 0.15) is 4.33 Å². The van der Waals surface area contributed by atoms with Gasteiger partial charge in [0, 0.05) is 24.6 Å². The van der Waals surface area contributed by atoms with Crippen LogP contribution in [-0.4, -0.2) is 19.8 Å². The van der Waals surface area contributed by atoms with Gasteiger partial charge in [0.25, 0.3) is 0 Å². The van der Waals surface area contributed by atoms with Gasteiger partial charge in [-0.05, 0) is 31.0 Å². The van der Waals surface area contributed by atoms with Gasteiger partial charge in [-0.25, -0.2) is 4.98 Å². The first kappa shape index (κ1) is 14.4. The highest BCUT2D eigenvalue weighted by molar-refractivity contribution is 6.53. The molecule has 3 rings (SSSR count). The Hall–Kier alpha value is -1.52. The van der Waals surface area contributed by atoms with E-state index < -0.39 is 9.75 Å². The minimum atomic E-state index is -0.928. The molecule has 21 heavy (non-hydrogen) atoms. The molecule has 110 valence electrons. The monoisotopic (exact) mass is 323 g/mol. The third-order valence-corrected chi connectivity index (χ3v) is 5.05. The van der Waals surface area contributed by atoms with E-state index in [-0.39, 0.29) is 5.91 Å². The van der Waals surface area contributed by atoms with Crippen molar-refractivity contribution in [2.24, 2.45) is 5.41 Å². The molecule has 0 bridgehead atoms. The zero-order chi connectivity index (χ0) is 15.1. The summed E-state index contributed by atoms with van der Waals surface area (Å²) in [5.74, 6) is -0.105. The Morgan fingerprint density at radius 3 is 2.57 bits per heavy atom. The lowest BCUT2D eigenvalue weighted by Gasteiger charge is -2.13. The van der Waals surface area contributed by atoms with Gasteiger partial charge in [-0.1, -0.05) is 12.1 Å². The van der Waals surface area contributed by atoms with Crippen LogP contribution in [0.3, 0.4) is 0 Å². The van der Waals surface area contributed by atoms with Crippen LogP contribution in [0.15, 0.2) is 43.0 Å². The van der Waals surface area contributed by atoms with E-state index in [0.717, 1.165) is 11.3 Å². The molecule has 1 fully saturated rings. The molecule has 0 unspecified atom stereocenters. The molecule has 1 atom stereocenters. The Balaban J connectivity index is 1.60. The molecular weight excluding hydrogens is 309 g/mol. The topological polar surface area (TPSA) is 46.9 Å². The van der Waals surface area contributed by atoms with E-state index in [1.807, 2.05) is 35.0 Å². The number of aromatic nitrogens is 2. The predicted molar refractivity (Wildman–Crippen MR) is 82.6 cm³/mol. The fourth-order valence-corrected chi connectivity index (χ4v) is 2.93. The molecule has 1 N–H and O–H groups in total. The van der Waals surface area contributed by atoms with Crippen LogP contribution in [0.1, 0.15) is 18.9 Å². The van der Waals surface area contributed by atoms with E-state index in [1.54, 1.807) is 19.4 Å². The summed E-state index contributed by atoms with van der Waals surface area (Å²) in [5, 5.41) is 2.88. The number of amides is 1.